The van der Waals surface area contributed by atoms with E-state index in [4.69, 9.17) is 34.8 Å². The van der Waals surface area contributed by atoms with Crippen LogP contribution in [0, 0.1) is 6.92 Å². The lowest BCUT2D eigenvalue weighted by molar-refractivity contribution is -0.120. The summed E-state index contributed by atoms with van der Waals surface area (Å²) in [4.78, 5) is 31.8. The third kappa shape index (κ3) is 4.51. The SMILES string of the molecule is Cc1c(Cl)cccc1NC(=O)CN1C(=O)CN=C(c2ccccc2Cl)c2cc(Cl)ccc21. The van der Waals surface area contributed by atoms with E-state index in [2.05, 4.69) is 10.3 Å². The summed E-state index contributed by atoms with van der Waals surface area (Å²) in [6.07, 6.45) is 0. The molecule has 0 bridgehead atoms. The topological polar surface area (TPSA) is 61.8 Å². The van der Waals surface area contributed by atoms with Gasteiger partial charge in [-0.1, -0.05) is 59.1 Å². The van der Waals surface area contributed by atoms with Gasteiger partial charge >= 0.3 is 0 Å². The lowest BCUT2D eigenvalue weighted by atomic mass is 10.00. The van der Waals surface area contributed by atoms with E-state index >= 15 is 0 Å². The summed E-state index contributed by atoms with van der Waals surface area (Å²) in [6, 6.07) is 17.6. The van der Waals surface area contributed by atoms with Crippen molar-refractivity contribution in [2.75, 3.05) is 23.3 Å². The second-order valence-electron chi connectivity index (χ2n) is 7.25. The second kappa shape index (κ2) is 9.33. The quantitative estimate of drug-likeness (QED) is 0.508. The number of halogens is 3. The van der Waals surface area contributed by atoms with Crippen LogP contribution in [0.1, 0.15) is 16.7 Å². The number of hydrogen-bond acceptors (Lipinski definition) is 3. The molecule has 0 aliphatic carbocycles. The first-order valence-corrected chi connectivity index (χ1v) is 10.9. The zero-order valence-corrected chi connectivity index (χ0v) is 19.3. The Morgan fingerprint density at radius 1 is 1.00 bits per heavy atom. The Bertz CT molecular complexity index is 1260. The molecule has 1 aliphatic rings. The van der Waals surface area contributed by atoms with Crippen molar-refractivity contribution in [3.63, 3.8) is 0 Å². The average molecular weight is 487 g/mol. The van der Waals surface area contributed by atoms with Crippen LogP contribution < -0.4 is 10.2 Å². The van der Waals surface area contributed by atoms with Gasteiger partial charge in [0.2, 0.25) is 11.8 Å². The van der Waals surface area contributed by atoms with E-state index in [-0.39, 0.29) is 24.9 Å². The highest BCUT2D eigenvalue weighted by molar-refractivity contribution is 6.37. The normalized spacial score (nSPS) is 13.3. The van der Waals surface area contributed by atoms with Gasteiger partial charge in [-0.15, -0.1) is 0 Å². The van der Waals surface area contributed by atoms with Crippen molar-refractivity contribution in [3.8, 4) is 0 Å². The number of benzene rings is 3. The molecular formula is C24H18Cl3N3O2. The lowest BCUT2D eigenvalue weighted by Gasteiger charge is -2.23. The first-order valence-electron chi connectivity index (χ1n) is 9.79. The van der Waals surface area contributed by atoms with Crippen LogP contribution in [0.3, 0.4) is 0 Å². The first-order chi connectivity index (χ1) is 15.3. The Hall–Kier alpha value is -2.86. The van der Waals surface area contributed by atoms with Crippen molar-refractivity contribution in [3.05, 3.63) is 92.4 Å². The van der Waals surface area contributed by atoms with Crippen LogP contribution in [0.2, 0.25) is 15.1 Å². The highest BCUT2D eigenvalue weighted by Crippen LogP contribution is 2.31. The van der Waals surface area contributed by atoms with Gasteiger partial charge in [-0.25, -0.2) is 0 Å². The van der Waals surface area contributed by atoms with Gasteiger partial charge in [0.25, 0.3) is 0 Å². The van der Waals surface area contributed by atoms with Crippen molar-refractivity contribution in [2.45, 2.75) is 6.92 Å². The first kappa shape index (κ1) is 22.3. The number of carbonyl (C=O) groups is 2. The summed E-state index contributed by atoms with van der Waals surface area (Å²) < 4.78 is 0. The molecule has 3 aromatic rings. The highest BCUT2D eigenvalue weighted by Gasteiger charge is 2.28. The monoisotopic (exact) mass is 485 g/mol. The minimum Gasteiger partial charge on any atom is -0.324 e. The molecule has 162 valence electrons. The van der Waals surface area contributed by atoms with Gasteiger partial charge < -0.3 is 10.2 Å². The standard InChI is InChI=1S/C24H18Cl3N3O2/c1-14-18(26)7-4-8-20(14)29-22(31)13-30-21-10-9-15(25)11-17(21)24(28-12-23(30)32)16-5-2-3-6-19(16)27/h2-11H,12-13H2,1H3,(H,29,31). The van der Waals surface area contributed by atoms with E-state index < -0.39 is 0 Å². The molecule has 0 spiro atoms. The minimum atomic E-state index is -0.356. The van der Waals surface area contributed by atoms with E-state index in [0.717, 1.165) is 5.56 Å². The van der Waals surface area contributed by atoms with Crippen molar-refractivity contribution in [1.29, 1.82) is 0 Å². The van der Waals surface area contributed by atoms with Crippen LogP contribution in [0.5, 0.6) is 0 Å². The summed E-state index contributed by atoms with van der Waals surface area (Å²) in [5.41, 5.74) is 3.74. The molecule has 0 saturated heterocycles. The maximum Gasteiger partial charge on any atom is 0.249 e. The van der Waals surface area contributed by atoms with Gasteiger partial charge in [-0.05, 0) is 48.9 Å². The molecule has 1 heterocycles. The number of benzodiazepines with no additional fused rings is 1. The molecule has 3 aromatic carbocycles. The molecule has 1 aliphatic heterocycles. The highest BCUT2D eigenvalue weighted by atomic mass is 35.5. The fraction of sp³-hybridized carbons (Fsp3) is 0.125. The average Bonchev–Trinajstić information content (AvgIpc) is 2.89. The summed E-state index contributed by atoms with van der Waals surface area (Å²) in [5.74, 6) is -0.667. The van der Waals surface area contributed by atoms with Gasteiger partial charge in [-0.2, -0.15) is 0 Å². The van der Waals surface area contributed by atoms with E-state index in [0.29, 0.717) is 43.3 Å². The zero-order chi connectivity index (χ0) is 22.8. The number of carbonyl (C=O) groups excluding carboxylic acids is 2. The van der Waals surface area contributed by atoms with Crippen LogP contribution in [-0.4, -0.2) is 30.6 Å². The van der Waals surface area contributed by atoms with Crippen LogP contribution in [0.15, 0.2) is 65.7 Å². The maximum atomic E-state index is 13.0. The third-order valence-corrected chi connectivity index (χ3v) is 6.12. The van der Waals surface area contributed by atoms with Gasteiger partial charge in [-0.3, -0.25) is 14.6 Å². The second-order valence-corrected chi connectivity index (χ2v) is 8.50. The van der Waals surface area contributed by atoms with Crippen LogP contribution >= 0.6 is 34.8 Å². The predicted molar refractivity (Wildman–Crippen MR) is 131 cm³/mol. The molecular weight excluding hydrogens is 469 g/mol. The number of anilines is 2. The van der Waals surface area contributed by atoms with E-state index in [1.807, 2.05) is 25.1 Å². The number of fused-ring (bicyclic) bond motifs is 1. The molecule has 0 unspecified atom stereocenters. The van der Waals surface area contributed by atoms with Crippen molar-refractivity contribution < 1.29 is 9.59 Å². The number of nitrogens with one attached hydrogen (secondary N) is 1. The summed E-state index contributed by atoms with van der Waals surface area (Å²) in [7, 11) is 0. The van der Waals surface area contributed by atoms with Crippen molar-refractivity contribution in [1.82, 2.24) is 0 Å². The third-order valence-electron chi connectivity index (χ3n) is 5.15. The summed E-state index contributed by atoms with van der Waals surface area (Å²) >= 11 is 18.8. The van der Waals surface area contributed by atoms with Crippen LogP contribution in [0.25, 0.3) is 0 Å². The predicted octanol–water partition coefficient (Wildman–Crippen LogP) is 5.78. The Balaban J connectivity index is 1.70. The van der Waals surface area contributed by atoms with Crippen molar-refractivity contribution >= 4 is 63.7 Å². The Kier molecular flexibility index (Phi) is 6.51. The fourth-order valence-electron chi connectivity index (χ4n) is 3.52. The minimum absolute atomic E-state index is 0.129. The van der Waals surface area contributed by atoms with E-state index in [1.54, 1.807) is 42.5 Å². The number of hydrogen-bond donors (Lipinski definition) is 1. The number of nitrogens with zero attached hydrogens (tertiary/aromatic N) is 2. The molecule has 5 nitrogen and oxygen atoms in total. The van der Waals surface area contributed by atoms with Gasteiger partial charge in [0.05, 0.1) is 11.4 Å². The van der Waals surface area contributed by atoms with E-state index in [1.165, 1.54) is 4.90 Å². The molecule has 0 radical (unpaired) electrons. The summed E-state index contributed by atoms with van der Waals surface area (Å²) in [5, 5.41) is 4.37. The Morgan fingerprint density at radius 3 is 2.53 bits per heavy atom. The van der Waals surface area contributed by atoms with Gasteiger partial charge in [0.15, 0.2) is 0 Å². The van der Waals surface area contributed by atoms with Gasteiger partial charge in [0, 0.05) is 31.9 Å². The molecule has 8 heteroatoms. The smallest absolute Gasteiger partial charge is 0.249 e. The van der Waals surface area contributed by atoms with Gasteiger partial charge in [0.1, 0.15) is 13.1 Å². The molecule has 32 heavy (non-hydrogen) atoms. The number of aliphatic imine (C=N–C) groups is 1. The largest absolute Gasteiger partial charge is 0.324 e. The molecule has 4 rings (SSSR count). The molecule has 2 amide bonds. The molecule has 0 aromatic heterocycles. The molecule has 0 saturated carbocycles. The Morgan fingerprint density at radius 2 is 1.75 bits per heavy atom. The lowest BCUT2D eigenvalue weighted by Crippen LogP contribution is -2.39. The number of amides is 2. The number of rotatable bonds is 4. The van der Waals surface area contributed by atoms with Crippen LogP contribution in [0.4, 0.5) is 11.4 Å². The molecule has 0 atom stereocenters. The molecule has 0 fully saturated rings. The zero-order valence-electron chi connectivity index (χ0n) is 17.0. The summed E-state index contributed by atoms with van der Waals surface area (Å²) in [6.45, 7) is 1.50. The fourth-order valence-corrected chi connectivity index (χ4v) is 4.09. The van der Waals surface area contributed by atoms with E-state index in [9.17, 15) is 9.59 Å². The molecule has 1 N–H and O–H groups in total. The Labute approximate surface area is 200 Å². The van der Waals surface area contributed by atoms with Crippen LogP contribution in [-0.2, 0) is 9.59 Å². The maximum absolute atomic E-state index is 13.0. The van der Waals surface area contributed by atoms with Crippen molar-refractivity contribution in [2.24, 2.45) is 4.99 Å².